The van der Waals surface area contributed by atoms with Crippen LogP contribution in [-0.2, 0) is 0 Å². The molecule has 0 amide bonds. The van der Waals surface area contributed by atoms with Gasteiger partial charge in [-0.2, -0.15) is 0 Å². The minimum absolute atomic E-state index is 0.0947. The van der Waals surface area contributed by atoms with Crippen LogP contribution >= 0.6 is 22.6 Å². The zero-order valence-corrected chi connectivity index (χ0v) is 9.06. The molecular formula is C7H5F3INO2. The Morgan fingerprint density at radius 2 is 2.07 bits per heavy atom. The molecule has 0 unspecified atom stereocenters. The molecular weight excluding hydrogens is 314 g/mol. The van der Waals surface area contributed by atoms with Crippen LogP contribution in [0.2, 0.25) is 0 Å². The lowest BCUT2D eigenvalue weighted by molar-refractivity contribution is -0.276. The summed E-state index contributed by atoms with van der Waals surface area (Å²) in [5.41, 5.74) is -0.588. The van der Waals surface area contributed by atoms with Gasteiger partial charge in [0.1, 0.15) is 0 Å². The highest BCUT2D eigenvalue weighted by Gasteiger charge is 2.32. The van der Waals surface area contributed by atoms with Gasteiger partial charge in [-0.05, 0) is 29.5 Å². The van der Waals surface area contributed by atoms with E-state index < -0.39 is 17.7 Å². The van der Waals surface area contributed by atoms with Crippen LogP contribution < -0.4 is 10.2 Å². The molecule has 78 valence electrons. The topological polar surface area (TPSA) is 42.1 Å². The number of alkyl halides is 3. The largest absolute Gasteiger partial charge is 0.574 e. The maximum atomic E-state index is 11.8. The van der Waals surface area contributed by atoms with Crippen LogP contribution in [-0.4, -0.2) is 11.3 Å². The van der Waals surface area contributed by atoms with Gasteiger partial charge < -0.3 is 9.72 Å². The van der Waals surface area contributed by atoms with Crippen molar-refractivity contribution in [3.63, 3.8) is 0 Å². The van der Waals surface area contributed by atoms with E-state index in [1.807, 2.05) is 0 Å². The molecule has 1 heterocycles. The first-order valence-corrected chi connectivity index (χ1v) is 4.52. The summed E-state index contributed by atoms with van der Waals surface area (Å²) in [6.45, 7) is 1.26. The Hall–Kier alpha value is -0.730. The predicted molar refractivity (Wildman–Crippen MR) is 51.2 cm³/mol. The molecule has 0 aliphatic heterocycles. The number of H-pyrrole nitrogens is 1. The van der Waals surface area contributed by atoms with E-state index >= 15 is 0 Å². The summed E-state index contributed by atoms with van der Waals surface area (Å²) < 4.78 is 39.4. The van der Waals surface area contributed by atoms with E-state index in [0.717, 1.165) is 0 Å². The fourth-order valence-corrected chi connectivity index (χ4v) is 1.32. The number of aromatic nitrogens is 1. The Labute approximate surface area is 90.4 Å². The van der Waals surface area contributed by atoms with E-state index in [1.165, 1.54) is 13.0 Å². The molecule has 0 aliphatic rings. The summed E-state index contributed by atoms with van der Waals surface area (Å²) in [5.74, 6) is -0.561. The number of hydrogen-bond acceptors (Lipinski definition) is 2. The van der Waals surface area contributed by atoms with Crippen molar-refractivity contribution in [1.29, 1.82) is 0 Å². The number of aromatic amines is 1. The highest BCUT2D eigenvalue weighted by atomic mass is 127. The van der Waals surface area contributed by atoms with Gasteiger partial charge in [-0.1, -0.05) is 0 Å². The van der Waals surface area contributed by atoms with Crippen molar-refractivity contribution < 1.29 is 17.9 Å². The van der Waals surface area contributed by atoms with Gasteiger partial charge in [0.2, 0.25) is 5.88 Å². The summed E-state index contributed by atoms with van der Waals surface area (Å²) in [4.78, 5) is 13.4. The van der Waals surface area contributed by atoms with Gasteiger partial charge in [-0.3, -0.25) is 4.79 Å². The number of rotatable bonds is 1. The summed E-state index contributed by atoms with van der Waals surface area (Å²) in [5, 5.41) is 0. The van der Waals surface area contributed by atoms with Crippen LogP contribution in [0, 0.1) is 10.6 Å². The molecule has 7 heteroatoms. The molecule has 1 aromatic heterocycles. The van der Waals surface area contributed by atoms with Crippen LogP contribution in [0.3, 0.4) is 0 Å². The molecule has 1 N–H and O–H groups in total. The van der Waals surface area contributed by atoms with Crippen LogP contribution in [0.5, 0.6) is 5.88 Å². The third-order valence-corrected chi connectivity index (χ3v) is 2.00. The highest BCUT2D eigenvalue weighted by Crippen LogP contribution is 2.22. The van der Waals surface area contributed by atoms with Crippen LogP contribution in [0.25, 0.3) is 0 Å². The lowest BCUT2D eigenvalue weighted by atomic mass is 10.3. The molecule has 0 bridgehead atoms. The van der Waals surface area contributed by atoms with Crippen LogP contribution in [0.4, 0.5) is 13.2 Å². The fraction of sp³-hybridized carbons (Fsp3) is 0.286. The Morgan fingerprint density at radius 1 is 1.50 bits per heavy atom. The summed E-state index contributed by atoms with van der Waals surface area (Å²) in [6, 6.07) is 1.19. The first kappa shape index (κ1) is 11.3. The minimum Gasteiger partial charge on any atom is -0.389 e. The Kier molecular flexibility index (Phi) is 3.07. The van der Waals surface area contributed by atoms with Gasteiger partial charge in [0.05, 0.1) is 9.26 Å². The van der Waals surface area contributed by atoms with Gasteiger partial charge in [-0.15, -0.1) is 13.2 Å². The highest BCUT2D eigenvalue weighted by molar-refractivity contribution is 14.1. The van der Waals surface area contributed by atoms with Gasteiger partial charge >= 0.3 is 6.36 Å². The summed E-state index contributed by atoms with van der Waals surface area (Å²) in [7, 11) is 0. The minimum atomic E-state index is -4.79. The van der Waals surface area contributed by atoms with Crippen molar-refractivity contribution in [2.45, 2.75) is 13.3 Å². The molecule has 1 rings (SSSR count). The average Bonchev–Trinajstić information content (AvgIpc) is 1.96. The Morgan fingerprint density at radius 3 is 2.57 bits per heavy atom. The Bertz CT molecular complexity index is 399. The van der Waals surface area contributed by atoms with E-state index in [2.05, 4.69) is 9.72 Å². The molecule has 0 spiro atoms. The van der Waals surface area contributed by atoms with E-state index in [1.54, 1.807) is 22.6 Å². The molecule has 0 atom stereocenters. The molecule has 0 fully saturated rings. The third kappa shape index (κ3) is 2.89. The average molecular weight is 319 g/mol. The van der Waals surface area contributed by atoms with Crippen LogP contribution in [0.15, 0.2) is 10.9 Å². The second kappa shape index (κ2) is 3.79. The molecule has 0 aliphatic carbocycles. The van der Waals surface area contributed by atoms with Crippen molar-refractivity contribution in [1.82, 2.24) is 4.98 Å². The third-order valence-electron chi connectivity index (χ3n) is 1.42. The lowest BCUT2D eigenvalue weighted by Crippen LogP contribution is -2.21. The zero-order chi connectivity index (χ0) is 10.9. The normalized spacial score (nSPS) is 11.5. The molecule has 0 radical (unpaired) electrons. The van der Waals surface area contributed by atoms with Gasteiger partial charge in [0.25, 0.3) is 0 Å². The standard InChI is InChI=1S/C7H5F3INO2/c1-3-4(13)2-5(11)12-6(3)14-7(8,9)10/h2H,1H3,(H,12,13). The molecule has 0 aromatic carbocycles. The zero-order valence-electron chi connectivity index (χ0n) is 6.91. The van der Waals surface area contributed by atoms with Gasteiger partial charge in [0.15, 0.2) is 5.43 Å². The van der Waals surface area contributed by atoms with Crippen LogP contribution in [0.1, 0.15) is 5.56 Å². The second-order valence-electron chi connectivity index (χ2n) is 2.48. The quantitative estimate of drug-likeness (QED) is 0.637. The number of hydrogen-bond donors (Lipinski definition) is 1. The van der Waals surface area contributed by atoms with Crippen molar-refractivity contribution >= 4 is 22.6 Å². The number of pyridine rings is 1. The SMILES string of the molecule is Cc1c(OC(F)(F)F)[nH]c(I)cc1=O. The van der Waals surface area contributed by atoms with Gasteiger partial charge in [-0.25, -0.2) is 0 Å². The molecule has 0 saturated heterocycles. The van der Waals surface area contributed by atoms with Crippen molar-refractivity contribution in [3.05, 3.63) is 25.6 Å². The molecule has 1 aromatic rings. The first-order valence-electron chi connectivity index (χ1n) is 3.45. The monoisotopic (exact) mass is 319 g/mol. The van der Waals surface area contributed by atoms with E-state index in [9.17, 15) is 18.0 Å². The summed E-state index contributed by atoms with van der Waals surface area (Å²) in [6.07, 6.45) is -4.79. The van der Waals surface area contributed by atoms with Crippen molar-refractivity contribution in [2.75, 3.05) is 0 Å². The summed E-state index contributed by atoms with van der Waals surface area (Å²) >= 11 is 1.70. The second-order valence-corrected chi connectivity index (χ2v) is 3.65. The van der Waals surface area contributed by atoms with Crippen molar-refractivity contribution in [2.24, 2.45) is 0 Å². The fourth-order valence-electron chi connectivity index (χ4n) is 0.791. The van der Waals surface area contributed by atoms with E-state index in [-0.39, 0.29) is 9.26 Å². The number of nitrogens with one attached hydrogen (secondary N) is 1. The molecule has 14 heavy (non-hydrogen) atoms. The Balaban J connectivity index is 3.15. The predicted octanol–water partition coefficient (Wildman–Crippen LogP) is 2.19. The maximum absolute atomic E-state index is 11.8. The molecule has 0 saturated carbocycles. The van der Waals surface area contributed by atoms with Crippen molar-refractivity contribution in [3.8, 4) is 5.88 Å². The maximum Gasteiger partial charge on any atom is 0.574 e. The lowest BCUT2D eigenvalue weighted by Gasteiger charge is -2.10. The molecule has 3 nitrogen and oxygen atoms in total. The number of ether oxygens (including phenoxy) is 1. The first-order chi connectivity index (χ1) is 6.29. The smallest absolute Gasteiger partial charge is 0.389 e. The van der Waals surface area contributed by atoms with E-state index in [4.69, 9.17) is 0 Å². The number of halogens is 4. The van der Waals surface area contributed by atoms with E-state index in [0.29, 0.717) is 0 Å². The van der Waals surface area contributed by atoms with Gasteiger partial charge in [0, 0.05) is 6.07 Å².